The van der Waals surface area contributed by atoms with Crippen molar-refractivity contribution >= 4 is 23.2 Å². The van der Waals surface area contributed by atoms with Gasteiger partial charge in [0.05, 0.1) is 4.88 Å². The van der Waals surface area contributed by atoms with E-state index < -0.39 is 6.04 Å². The van der Waals surface area contributed by atoms with Gasteiger partial charge in [-0.3, -0.25) is 9.59 Å². The monoisotopic (exact) mass is 284 g/mol. The minimum absolute atomic E-state index is 0.182. The Labute approximate surface area is 117 Å². The fourth-order valence-electron chi connectivity index (χ4n) is 1.52. The molecular weight excluding hydrogens is 264 g/mol. The molecule has 0 radical (unpaired) electrons. The molecular formula is C13H20N2O3S. The Bertz CT molecular complexity index is 393. The van der Waals surface area contributed by atoms with Crippen LogP contribution in [0.2, 0.25) is 0 Å². The molecule has 0 aliphatic heterocycles. The third-order valence-electron chi connectivity index (χ3n) is 2.62. The molecule has 0 aromatic carbocycles. The van der Waals surface area contributed by atoms with Gasteiger partial charge in [-0.25, -0.2) is 0 Å². The summed E-state index contributed by atoms with van der Waals surface area (Å²) in [4.78, 5) is 24.0. The molecule has 1 heterocycles. The highest BCUT2D eigenvalue weighted by Gasteiger charge is 2.16. The smallest absolute Gasteiger partial charge is 0.261 e. The maximum Gasteiger partial charge on any atom is 0.261 e. The number of hydrogen-bond donors (Lipinski definition) is 3. The maximum absolute atomic E-state index is 11.7. The summed E-state index contributed by atoms with van der Waals surface area (Å²) in [6, 6.07) is 2.97. The first-order valence-corrected chi connectivity index (χ1v) is 7.26. The van der Waals surface area contributed by atoms with Crippen molar-refractivity contribution in [1.82, 2.24) is 10.6 Å². The van der Waals surface area contributed by atoms with Crippen molar-refractivity contribution in [3.63, 3.8) is 0 Å². The molecule has 0 bridgehead atoms. The molecule has 2 amide bonds. The van der Waals surface area contributed by atoms with Gasteiger partial charge in [0.15, 0.2) is 0 Å². The van der Waals surface area contributed by atoms with Gasteiger partial charge in [-0.1, -0.05) is 6.07 Å². The summed E-state index contributed by atoms with van der Waals surface area (Å²) in [7, 11) is 0. The second kappa shape index (κ2) is 8.66. The topological polar surface area (TPSA) is 78.4 Å². The van der Waals surface area contributed by atoms with E-state index in [0.717, 1.165) is 19.3 Å². The number of carbonyl (C=O) groups excluding carboxylic acids is 2. The van der Waals surface area contributed by atoms with Crippen LogP contribution < -0.4 is 10.6 Å². The highest BCUT2D eigenvalue weighted by Crippen LogP contribution is 2.08. The molecule has 0 fully saturated rings. The Kier molecular flexibility index (Phi) is 7.14. The fraction of sp³-hybridized carbons (Fsp3) is 0.538. The predicted molar refractivity (Wildman–Crippen MR) is 75.2 cm³/mol. The zero-order chi connectivity index (χ0) is 14.1. The van der Waals surface area contributed by atoms with Gasteiger partial charge in [0, 0.05) is 13.2 Å². The zero-order valence-corrected chi connectivity index (χ0v) is 11.8. The Balaban J connectivity index is 2.23. The van der Waals surface area contributed by atoms with E-state index >= 15 is 0 Å². The molecule has 0 saturated heterocycles. The van der Waals surface area contributed by atoms with Crippen molar-refractivity contribution in [3.05, 3.63) is 22.4 Å². The third kappa shape index (κ3) is 5.85. The first-order chi connectivity index (χ1) is 9.15. The summed E-state index contributed by atoms with van der Waals surface area (Å²) in [5.41, 5.74) is 0. The largest absolute Gasteiger partial charge is 0.396 e. The molecule has 1 aromatic rings. The maximum atomic E-state index is 11.7. The van der Waals surface area contributed by atoms with Crippen LogP contribution >= 0.6 is 11.3 Å². The minimum atomic E-state index is -0.549. The summed E-state index contributed by atoms with van der Waals surface area (Å²) in [5.74, 6) is -0.410. The van der Waals surface area contributed by atoms with Crippen LogP contribution in [0.1, 0.15) is 35.9 Å². The van der Waals surface area contributed by atoms with Crippen LogP contribution in [-0.4, -0.2) is 36.1 Å². The Morgan fingerprint density at radius 3 is 2.79 bits per heavy atom. The second-order valence-corrected chi connectivity index (χ2v) is 5.20. The highest BCUT2D eigenvalue weighted by molar-refractivity contribution is 7.12. The van der Waals surface area contributed by atoms with E-state index in [1.54, 1.807) is 19.1 Å². The van der Waals surface area contributed by atoms with Crippen molar-refractivity contribution in [1.29, 1.82) is 0 Å². The van der Waals surface area contributed by atoms with Crippen molar-refractivity contribution in [2.75, 3.05) is 13.2 Å². The number of unbranched alkanes of at least 4 members (excludes halogenated alkanes) is 2. The lowest BCUT2D eigenvalue weighted by molar-refractivity contribution is -0.122. The number of aliphatic hydroxyl groups is 1. The molecule has 6 heteroatoms. The first-order valence-electron chi connectivity index (χ1n) is 6.38. The fourth-order valence-corrected chi connectivity index (χ4v) is 2.15. The van der Waals surface area contributed by atoms with E-state index in [-0.39, 0.29) is 18.4 Å². The quantitative estimate of drug-likeness (QED) is 0.627. The molecule has 0 aliphatic rings. The molecule has 1 aromatic heterocycles. The normalized spacial score (nSPS) is 11.9. The van der Waals surface area contributed by atoms with Crippen molar-refractivity contribution in [2.24, 2.45) is 0 Å². The molecule has 0 spiro atoms. The Morgan fingerprint density at radius 2 is 2.16 bits per heavy atom. The lowest BCUT2D eigenvalue weighted by Gasteiger charge is -2.13. The van der Waals surface area contributed by atoms with Crippen molar-refractivity contribution in [2.45, 2.75) is 32.2 Å². The molecule has 1 atom stereocenters. The molecule has 0 aliphatic carbocycles. The van der Waals surface area contributed by atoms with Gasteiger partial charge < -0.3 is 15.7 Å². The average molecular weight is 284 g/mol. The molecule has 0 saturated carbocycles. The molecule has 5 nitrogen and oxygen atoms in total. The number of nitrogens with one attached hydrogen (secondary N) is 2. The second-order valence-electron chi connectivity index (χ2n) is 4.25. The van der Waals surface area contributed by atoms with Crippen molar-refractivity contribution in [3.8, 4) is 0 Å². The predicted octanol–water partition coefficient (Wildman–Crippen LogP) is 1.15. The SMILES string of the molecule is CC(NC(=O)c1cccs1)C(=O)NCCCCCO. The van der Waals surface area contributed by atoms with E-state index in [1.807, 2.05) is 5.38 Å². The van der Waals surface area contributed by atoms with E-state index in [1.165, 1.54) is 11.3 Å². The van der Waals surface area contributed by atoms with E-state index in [0.29, 0.717) is 11.4 Å². The van der Waals surface area contributed by atoms with Gasteiger partial charge in [-0.2, -0.15) is 0 Å². The van der Waals surface area contributed by atoms with Crippen LogP contribution in [0, 0.1) is 0 Å². The van der Waals surface area contributed by atoms with Gasteiger partial charge >= 0.3 is 0 Å². The van der Waals surface area contributed by atoms with E-state index in [2.05, 4.69) is 10.6 Å². The van der Waals surface area contributed by atoms with Crippen LogP contribution in [0.3, 0.4) is 0 Å². The number of hydrogen-bond acceptors (Lipinski definition) is 4. The number of amides is 2. The third-order valence-corrected chi connectivity index (χ3v) is 3.49. The number of thiophene rings is 1. The standard InChI is InChI=1S/C13H20N2O3S/c1-10(12(17)14-7-3-2-4-8-16)15-13(18)11-6-5-9-19-11/h5-6,9-10,16H,2-4,7-8H2,1H3,(H,14,17)(H,15,18). The van der Waals surface area contributed by atoms with Gasteiger partial charge in [-0.15, -0.1) is 11.3 Å². The lowest BCUT2D eigenvalue weighted by Crippen LogP contribution is -2.44. The summed E-state index contributed by atoms with van der Waals surface area (Å²) in [6.45, 7) is 2.41. The van der Waals surface area contributed by atoms with Gasteiger partial charge in [0.1, 0.15) is 6.04 Å². The Hall–Kier alpha value is -1.40. The number of carbonyl (C=O) groups is 2. The highest BCUT2D eigenvalue weighted by atomic mass is 32.1. The number of aliphatic hydroxyl groups excluding tert-OH is 1. The summed E-state index contributed by atoms with van der Waals surface area (Å²) >= 11 is 1.34. The van der Waals surface area contributed by atoms with Crippen LogP contribution in [-0.2, 0) is 4.79 Å². The summed E-state index contributed by atoms with van der Waals surface area (Å²) < 4.78 is 0. The van der Waals surface area contributed by atoms with Crippen LogP contribution in [0.5, 0.6) is 0 Å². The summed E-state index contributed by atoms with van der Waals surface area (Å²) in [5, 5.41) is 15.9. The van der Waals surface area contributed by atoms with E-state index in [9.17, 15) is 9.59 Å². The van der Waals surface area contributed by atoms with E-state index in [4.69, 9.17) is 5.11 Å². The molecule has 1 rings (SSSR count). The molecule has 106 valence electrons. The summed E-state index contributed by atoms with van der Waals surface area (Å²) in [6.07, 6.45) is 2.46. The first kappa shape index (κ1) is 15.7. The van der Waals surface area contributed by atoms with Gasteiger partial charge in [0.25, 0.3) is 5.91 Å². The zero-order valence-electron chi connectivity index (χ0n) is 11.0. The van der Waals surface area contributed by atoms with Gasteiger partial charge in [-0.05, 0) is 37.6 Å². The molecule has 19 heavy (non-hydrogen) atoms. The lowest BCUT2D eigenvalue weighted by atomic mass is 10.2. The molecule has 3 N–H and O–H groups in total. The van der Waals surface area contributed by atoms with Crippen LogP contribution in [0.25, 0.3) is 0 Å². The molecule has 1 unspecified atom stereocenters. The minimum Gasteiger partial charge on any atom is -0.396 e. The van der Waals surface area contributed by atoms with Crippen molar-refractivity contribution < 1.29 is 14.7 Å². The average Bonchev–Trinajstić information content (AvgIpc) is 2.92. The van der Waals surface area contributed by atoms with Crippen LogP contribution in [0.15, 0.2) is 17.5 Å². The number of rotatable bonds is 8. The van der Waals surface area contributed by atoms with Gasteiger partial charge in [0.2, 0.25) is 5.91 Å². The Morgan fingerprint density at radius 1 is 1.37 bits per heavy atom. The van der Waals surface area contributed by atoms with Crippen LogP contribution in [0.4, 0.5) is 0 Å².